The molecular formula is C19H28O3. The summed E-state index contributed by atoms with van der Waals surface area (Å²) in [5, 5.41) is 20.8. The minimum Gasteiger partial charge on any atom is -0.393 e. The first kappa shape index (κ1) is 14.9. The zero-order chi connectivity index (χ0) is 15.7. The second kappa shape index (κ2) is 4.67. The first-order valence-corrected chi connectivity index (χ1v) is 8.97. The molecule has 4 aliphatic carbocycles. The van der Waals surface area contributed by atoms with Gasteiger partial charge in [-0.25, -0.2) is 0 Å². The van der Waals surface area contributed by atoms with Crippen molar-refractivity contribution >= 4 is 5.78 Å². The maximum atomic E-state index is 12.4. The third kappa shape index (κ3) is 1.78. The number of ketones is 1. The Labute approximate surface area is 132 Å². The van der Waals surface area contributed by atoms with Gasteiger partial charge >= 0.3 is 0 Å². The SMILES string of the molecule is CC12CCC3C(C(O)C=C4C[C@@H](O)CCC43C)C1CCC2=O. The van der Waals surface area contributed by atoms with Gasteiger partial charge in [0.15, 0.2) is 0 Å². The van der Waals surface area contributed by atoms with E-state index in [1.807, 2.05) is 6.08 Å². The number of aliphatic hydroxyl groups excluding tert-OH is 2. The van der Waals surface area contributed by atoms with Crippen LogP contribution in [0.5, 0.6) is 0 Å². The Hall–Kier alpha value is -0.670. The summed E-state index contributed by atoms with van der Waals surface area (Å²) in [6.07, 6.45) is 7.65. The van der Waals surface area contributed by atoms with Gasteiger partial charge in [-0.3, -0.25) is 4.79 Å². The van der Waals surface area contributed by atoms with Gasteiger partial charge in [0.25, 0.3) is 0 Å². The van der Waals surface area contributed by atoms with Crippen molar-refractivity contribution in [3.63, 3.8) is 0 Å². The van der Waals surface area contributed by atoms with E-state index in [1.54, 1.807) is 0 Å². The van der Waals surface area contributed by atoms with Gasteiger partial charge in [-0.05, 0) is 61.7 Å². The van der Waals surface area contributed by atoms with Crippen LogP contribution in [-0.4, -0.2) is 28.2 Å². The Morgan fingerprint density at radius 3 is 2.50 bits per heavy atom. The molecule has 6 unspecified atom stereocenters. The second-order valence-corrected chi connectivity index (χ2v) is 8.70. The van der Waals surface area contributed by atoms with Crippen molar-refractivity contribution in [2.45, 2.75) is 71.0 Å². The van der Waals surface area contributed by atoms with E-state index in [2.05, 4.69) is 13.8 Å². The van der Waals surface area contributed by atoms with Crippen molar-refractivity contribution in [1.82, 2.24) is 0 Å². The van der Waals surface area contributed by atoms with Crippen molar-refractivity contribution in [2.24, 2.45) is 28.6 Å². The van der Waals surface area contributed by atoms with E-state index in [-0.39, 0.29) is 22.9 Å². The zero-order valence-electron chi connectivity index (χ0n) is 13.7. The van der Waals surface area contributed by atoms with Crippen molar-refractivity contribution in [1.29, 1.82) is 0 Å². The topological polar surface area (TPSA) is 57.5 Å². The molecule has 0 bridgehead atoms. The normalized spacial score (nSPS) is 54.3. The molecule has 4 aliphatic rings. The molecule has 0 spiro atoms. The summed E-state index contributed by atoms with van der Waals surface area (Å²) in [5.74, 6) is 1.46. The standard InChI is InChI=1S/C19H28O3/c1-18-7-5-12(20)9-11(18)10-15(21)17-13-3-4-16(22)19(13,2)8-6-14(17)18/h10,12-15,17,20-21H,3-9H2,1-2H3/t12-,13?,14?,15?,17?,18?,19?/m0/s1. The van der Waals surface area contributed by atoms with Crippen molar-refractivity contribution in [2.75, 3.05) is 0 Å². The van der Waals surface area contributed by atoms with Crippen LogP contribution in [0, 0.1) is 28.6 Å². The van der Waals surface area contributed by atoms with Crippen molar-refractivity contribution in [3.8, 4) is 0 Å². The highest BCUT2D eigenvalue weighted by molar-refractivity contribution is 5.87. The monoisotopic (exact) mass is 304 g/mol. The van der Waals surface area contributed by atoms with Crippen LogP contribution in [-0.2, 0) is 4.79 Å². The van der Waals surface area contributed by atoms with Crippen LogP contribution >= 0.6 is 0 Å². The molecule has 4 rings (SSSR count). The van der Waals surface area contributed by atoms with E-state index < -0.39 is 6.10 Å². The van der Waals surface area contributed by atoms with E-state index in [0.717, 1.165) is 38.5 Å². The molecule has 0 aromatic rings. The van der Waals surface area contributed by atoms with Gasteiger partial charge in [0.05, 0.1) is 12.2 Å². The molecule has 3 heteroatoms. The predicted molar refractivity (Wildman–Crippen MR) is 84.1 cm³/mol. The van der Waals surface area contributed by atoms with Crippen LogP contribution in [0.1, 0.15) is 58.8 Å². The Bertz CT molecular complexity index is 539. The maximum Gasteiger partial charge on any atom is 0.139 e. The summed E-state index contributed by atoms with van der Waals surface area (Å²) in [5.41, 5.74) is 1.20. The molecular weight excluding hydrogens is 276 g/mol. The minimum absolute atomic E-state index is 0.121. The predicted octanol–water partition coefficient (Wildman–Crippen LogP) is 2.85. The van der Waals surface area contributed by atoms with Gasteiger partial charge < -0.3 is 10.2 Å². The molecule has 0 aromatic heterocycles. The Morgan fingerprint density at radius 1 is 1.05 bits per heavy atom. The van der Waals surface area contributed by atoms with Crippen molar-refractivity contribution < 1.29 is 15.0 Å². The molecule has 2 N–H and O–H groups in total. The number of rotatable bonds is 0. The van der Waals surface area contributed by atoms with Gasteiger partial charge in [-0.15, -0.1) is 0 Å². The number of aliphatic hydroxyl groups is 2. The third-order valence-electron chi connectivity index (χ3n) is 7.81. The molecule has 3 saturated carbocycles. The van der Waals surface area contributed by atoms with Crippen LogP contribution in [0.2, 0.25) is 0 Å². The molecule has 0 aromatic carbocycles. The average molecular weight is 304 g/mol. The molecule has 3 nitrogen and oxygen atoms in total. The first-order chi connectivity index (χ1) is 10.4. The van der Waals surface area contributed by atoms with Crippen LogP contribution in [0.3, 0.4) is 0 Å². The van der Waals surface area contributed by atoms with E-state index in [9.17, 15) is 15.0 Å². The lowest BCUT2D eigenvalue weighted by Gasteiger charge is -2.58. The van der Waals surface area contributed by atoms with E-state index in [0.29, 0.717) is 24.0 Å². The summed E-state index contributed by atoms with van der Waals surface area (Å²) >= 11 is 0. The lowest BCUT2D eigenvalue weighted by Crippen LogP contribution is -2.54. The van der Waals surface area contributed by atoms with E-state index in [1.165, 1.54) is 5.57 Å². The summed E-state index contributed by atoms with van der Waals surface area (Å²) in [6.45, 7) is 4.48. The van der Waals surface area contributed by atoms with Gasteiger partial charge in [0, 0.05) is 11.8 Å². The zero-order valence-corrected chi connectivity index (χ0v) is 13.7. The number of hydrogen-bond donors (Lipinski definition) is 2. The Kier molecular flexibility index (Phi) is 3.16. The highest BCUT2D eigenvalue weighted by atomic mass is 16.3. The summed E-state index contributed by atoms with van der Waals surface area (Å²) < 4.78 is 0. The van der Waals surface area contributed by atoms with Gasteiger partial charge in [-0.2, -0.15) is 0 Å². The number of Topliss-reactive ketones (excluding diaryl/α,β-unsaturated/α-hetero) is 1. The number of carbonyl (C=O) groups is 1. The smallest absolute Gasteiger partial charge is 0.139 e. The summed E-state index contributed by atoms with van der Waals surface area (Å²) in [7, 11) is 0. The molecule has 0 saturated heterocycles. The second-order valence-electron chi connectivity index (χ2n) is 8.70. The van der Waals surface area contributed by atoms with Crippen LogP contribution in [0.25, 0.3) is 0 Å². The number of carbonyl (C=O) groups excluding carboxylic acids is 1. The molecule has 0 aliphatic heterocycles. The maximum absolute atomic E-state index is 12.4. The van der Waals surface area contributed by atoms with E-state index >= 15 is 0 Å². The highest BCUT2D eigenvalue weighted by Crippen LogP contribution is 2.63. The quantitative estimate of drug-likeness (QED) is 0.677. The first-order valence-electron chi connectivity index (χ1n) is 8.97. The molecule has 0 heterocycles. The average Bonchev–Trinajstić information content (AvgIpc) is 2.77. The number of fused-ring (bicyclic) bond motifs is 5. The van der Waals surface area contributed by atoms with E-state index in [4.69, 9.17) is 0 Å². The third-order valence-corrected chi connectivity index (χ3v) is 7.81. The molecule has 3 fully saturated rings. The fraction of sp³-hybridized carbons (Fsp3) is 0.842. The van der Waals surface area contributed by atoms with Crippen LogP contribution < -0.4 is 0 Å². The lowest BCUT2D eigenvalue weighted by atomic mass is 9.47. The van der Waals surface area contributed by atoms with Gasteiger partial charge in [0.2, 0.25) is 0 Å². The molecule has 0 amide bonds. The highest BCUT2D eigenvalue weighted by Gasteiger charge is 2.60. The summed E-state index contributed by atoms with van der Waals surface area (Å²) in [6, 6.07) is 0. The van der Waals surface area contributed by atoms with Crippen LogP contribution in [0.4, 0.5) is 0 Å². The number of hydrogen-bond acceptors (Lipinski definition) is 3. The molecule has 22 heavy (non-hydrogen) atoms. The fourth-order valence-electron chi connectivity index (χ4n) is 6.40. The Morgan fingerprint density at radius 2 is 1.73 bits per heavy atom. The van der Waals surface area contributed by atoms with Gasteiger partial charge in [-0.1, -0.05) is 25.5 Å². The van der Waals surface area contributed by atoms with Crippen molar-refractivity contribution in [3.05, 3.63) is 11.6 Å². The minimum atomic E-state index is -0.436. The molecule has 7 atom stereocenters. The molecule has 122 valence electrons. The largest absolute Gasteiger partial charge is 0.393 e. The summed E-state index contributed by atoms with van der Waals surface area (Å²) in [4.78, 5) is 12.4. The van der Waals surface area contributed by atoms with Gasteiger partial charge in [0.1, 0.15) is 5.78 Å². The molecule has 0 radical (unpaired) electrons. The lowest BCUT2D eigenvalue weighted by molar-refractivity contribution is -0.135. The van der Waals surface area contributed by atoms with Crippen LogP contribution in [0.15, 0.2) is 11.6 Å². The fourth-order valence-corrected chi connectivity index (χ4v) is 6.40. The Balaban J connectivity index is 1.75.